The summed E-state index contributed by atoms with van der Waals surface area (Å²) in [7, 11) is 0. The van der Waals surface area contributed by atoms with Gasteiger partial charge in [-0.1, -0.05) is 0 Å². The fourth-order valence-corrected chi connectivity index (χ4v) is 3.80. The third kappa shape index (κ3) is 4.04. The summed E-state index contributed by atoms with van der Waals surface area (Å²) < 4.78 is 15.5. The van der Waals surface area contributed by atoms with Crippen molar-refractivity contribution in [2.75, 3.05) is 11.9 Å². The fraction of sp³-hybridized carbons (Fsp3) is 0.286. The SMILES string of the molecule is CC(=O)Nc1cc(-c2c(-c3ccc(F)cc3)nn3c2CN(C(C)S)CC3)ccn1. The maximum atomic E-state index is 13.5. The van der Waals surface area contributed by atoms with Gasteiger partial charge in [0.25, 0.3) is 0 Å². The van der Waals surface area contributed by atoms with Crippen LogP contribution in [0.25, 0.3) is 22.4 Å². The number of nitrogens with one attached hydrogen (secondary N) is 1. The van der Waals surface area contributed by atoms with Crippen LogP contribution in [0.2, 0.25) is 0 Å². The molecule has 0 radical (unpaired) electrons. The zero-order valence-electron chi connectivity index (χ0n) is 16.3. The van der Waals surface area contributed by atoms with Gasteiger partial charge in [0.1, 0.15) is 17.3 Å². The molecular weight excluding hydrogens is 389 g/mol. The summed E-state index contributed by atoms with van der Waals surface area (Å²) in [4.78, 5) is 18.0. The van der Waals surface area contributed by atoms with Gasteiger partial charge in [0.05, 0.1) is 17.6 Å². The maximum Gasteiger partial charge on any atom is 0.222 e. The molecule has 1 atom stereocenters. The number of anilines is 1. The highest BCUT2D eigenvalue weighted by atomic mass is 32.1. The van der Waals surface area contributed by atoms with Gasteiger partial charge in [-0.25, -0.2) is 9.37 Å². The van der Waals surface area contributed by atoms with Crippen LogP contribution in [0.15, 0.2) is 42.6 Å². The van der Waals surface area contributed by atoms with Gasteiger partial charge in [0.15, 0.2) is 0 Å². The van der Waals surface area contributed by atoms with Crippen LogP contribution in [0, 0.1) is 5.82 Å². The highest BCUT2D eigenvalue weighted by Crippen LogP contribution is 2.37. The number of benzene rings is 1. The molecule has 3 heterocycles. The van der Waals surface area contributed by atoms with E-state index < -0.39 is 0 Å². The first kappa shape index (κ1) is 19.6. The number of thiol groups is 1. The number of hydrogen-bond acceptors (Lipinski definition) is 5. The van der Waals surface area contributed by atoms with Crippen LogP contribution in [-0.4, -0.2) is 37.5 Å². The Labute approximate surface area is 174 Å². The maximum absolute atomic E-state index is 13.5. The molecule has 1 aliphatic rings. The van der Waals surface area contributed by atoms with E-state index in [1.165, 1.54) is 19.1 Å². The molecule has 0 bridgehead atoms. The van der Waals surface area contributed by atoms with Gasteiger partial charge in [-0.3, -0.25) is 14.4 Å². The summed E-state index contributed by atoms with van der Waals surface area (Å²) in [6.45, 7) is 5.81. The summed E-state index contributed by atoms with van der Waals surface area (Å²) >= 11 is 4.59. The van der Waals surface area contributed by atoms with Crippen molar-refractivity contribution in [2.24, 2.45) is 0 Å². The monoisotopic (exact) mass is 411 g/mol. The molecule has 29 heavy (non-hydrogen) atoms. The zero-order valence-corrected chi connectivity index (χ0v) is 17.2. The standard InChI is InChI=1S/C21H22FN5OS/c1-13(28)24-19-11-16(7-8-23-19)20-18-12-26(14(2)29)9-10-27(18)25-21(20)15-3-5-17(22)6-4-15/h3-8,11,14,29H,9-10,12H2,1-2H3,(H,23,24,28). The molecule has 0 saturated heterocycles. The molecule has 2 aromatic heterocycles. The van der Waals surface area contributed by atoms with Gasteiger partial charge in [-0.05, 0) is 48.9 Å². The van der Waals surface area contributed by atoms with E-state index in [1.54, 1.807) is 18.3 Å². The van der Waals surface area contributed by atoms with Gasteiger partial charge >= 0.3 is 0 Å². The second-order valence-electron chi connectivity index (χ2n) is 7.11. The molecule has 8 heteroatoms. The van der Waals surface area contributed by atoms with E-state index in [-0.39, 0.29) is 17.1 Å². The zero-order chi connectivity index (χ0) is 20.5. The Hall–Kier alpha value is -2.71. The highest BCUT2D eigenvalue weighted by molar-refractivity contribution is 7.80. The first-order valence-corrected chi connectivity index (χ1v) is 9.96. The Bertz CT molecular complexity index is 1050. The highest BCUT2D eigenvalue weighted by Gasteiger charge is 2.27. The number of fused-ring (bicyclic) bond motifs is 1. The Balaban J connectivity index is 1.87. The minimum absolute atomic E-state index is 0.119. The number of amides is 1. The predicted octanol–water partition coefficient (Wildman–Crippen LogP) is 3.80. The number of halogens is 1. The summed E-state index contributed by atoms with van der Waals surface area (Å²) in [6.07, 6.45) is 1.67. The number of hydrogen-bond donors (Lipinski definition) is 2. The smallest absolute Gasteiger partial charge is 0.222 e. The number of carbonyl (C=O) groups is 1. The van der Waals surface area contributed by atoms with Crippen molar-refractivity contribution in [3.63, 3.8) is 0 Å². The van der Waals surface area contributed by atoms with Crippen molar-refractivity contribution in [3.8, 4) is 22.4 Å². The summed E-state index contributed by atoms with van der Waals surface area (Å²) in [5.74, 6) is 0.0157. The van der Waals surface area contributed by atoms with Gasteiger partial charge in [-0.15, -0.1) is 0 Å². The Morgan fingerprint density at radius 1 is 1.21 bits per heavy atom. The van der Waals surface area contributed by atoms with E-state index in [0.717, 1.165) is 41.2 Å². The number of pyridine rings is 1. The Morgan fingerprint density at radius 3 is 2.66 bits per heavy atom. The molecule has 6 nitrogen and oxygen atoms in total. The first-order valence-electron chi connectivity index (χ1n) is 9.44. The molecule has 0 spiro atoms. The van der Waals surface area contributed by atoms with Crippen molar-refractivity contribution in [3.05, 3.63) is 54.1 Å². The van der Waals surface area contributed by atoms with Gasteiger partial charge < -0.3 is 5.32 Å². The minimum Gasteiger partial charge on any atom is -0.311 e. The van der Waals surface area contributed by atoms with E-state index in [9.17, 15) is 9.18 Å². The predicted molar refractivity (Wildman–Crippen MR) is 114 cm³/mol. The Morgan fingerprint density at radius 2 is 1.97 bits per heavy atom. The minimum atomic E-state index is -0.286. The molecule has 0 fully saturated rings. The molecule has 1 aromatic carbocycles. The average Bonchev–Trinajstić information content (AvgIpc) is 3.06. The van der Waals surface area contributed by atoms with Crippen LogP contribution in [0.4, 0.5) is 10.2 Å². The number of carbonyl (C=O) groups excluding carboxylic acids is 1. The lowest BCUT2D eigenvalue weighted by Crippen LogP contribution is -2.37. The van der Waals surface area contributed by atoms with Crippen LogP contribution in [-0.2, 0) is 17.9 Å². The second-order valence-corrected chi connectivity index (χ2v) is 7.86. The molecule has 0 saturated carbocycles. The van der Waals surface area contributed by atoms with E-state index in [1.807, 2.05) is 16.8 Å². The van der Waals surface area contributed by atoms with Crippen LogP contribution in [0.5, 0.6) is 0 Å². The van der Waals surface area contributed by atoms with Crippen molar-refractivity contribution in [1.82, 2.24) is 19.7 Å². The topological polar surface area (TPSA) is 63.1 Å². The number of nitrogens with zero attached hydrogens (tertiary/aromatic N) is 4. The lowest BCUT2D eigenvalue weighted by atomic mass is 9.98. The Kier molecular flexibility index (Phi) is 5.38. The quantitative estimate of drug-likeness (QED) is 0.641. The van der Waals surface area contributed by atoms with Crippen LogP contribution in [0.3, 0.4) is 0 Å². The first-order chi connectivity index (χ1) is 13.9. The molecule has 3 aromatic rings. The fourth-order valence-electron chi connectivity index (χ4n) is 3.60. The van der Waals surface area contributed by atoms with Crippen molar-refractivity contribution in [1.29, 1.82) is 0 Å². The van der Waals surface area contributed by atoms with Crippen molar-refractivity contribution in [2.45, 2.75) is 32.3 Å². The van der Waals surface area contributed by atoms with E-state index in [0.29, 0.717) is 12.4 Å². The van der Waals surface area contributed by atoms with Gasteiger partial charge in [-0.2, -0.15) is 17.7 Å². The van der Waals surface area contributed by atoms with Gasteiger partial charge in [0, 0.05) is 37.3 Å². The van der Waals surface area contributed by atoms with Crippen LogP contribution >= 0.6 is 12.6 Å². The van der Waals surface area contributed by atoms with E-state index in [4.69, 9.17) is 5.10 Å². The van der Waals surface area contributed by atoms with E-state index >= 15 is 0 Å². The van der Waals surface area contributed by atoms with Gasteiger partial charge in [0.2, 0.25) is 5.91 Å². The molecule has 1 N–H and O–H groups in total. The van der Waals surface area contributed by atoms with Crippen molar-refractivity contribution >= 4 is 24.4 Å². The number of aromatic nitrogens is 3. The lowest BCUT2D eigenvalue weighted by molar-refractivity contribution is -0.114. The van der Waals surface area contributed by atoms with Crippen LogP contribution < -0.4 is 5.32 Å². The van der Waals surface area contributed by atoms with Crippen LogP contribution in [0.1, 0.15) is 19.5 Å². The summed E-state index contributed by atoms with van der Waals surface area (Å²) in [5, 5.41) is 7.70. The lowest BCUT2D eigenvalue weighted by Gasteiger charge is -2.30. The molecule has 1 unspecified atom stereocenters. The number of rotatable bonds is 4. The molecule has 4 rings (SSSR count). The molecule has 150 valence electrons. The largest absolute Gasteiger partial charge is 0.311 e. The summed E-state index contributed by atoms with van der Waals surface area (Å²) in [5.41, 5.74) is 4.55. The normalized spacial score (nSPS) is 15.0. The van der Waals surface area contributed by atoms with Crippen molar-refractivity contribution < 1.29 is 9.18 Å². The molecule has 1 amide bonds. The third-order valence-corrected chi connectivity index (χ3v) is 5.33. The van der Waals surface area contributed by atoms with E-state index in [2.05, 4.69) is 34.8 Å². The summed E-state index contributed by atoms with van der Waals surface area (Å²) in [6, 6.07) is 10.1. The second kappa shape index (κ2) is 7.96. The third-order valence-electron chi connectivity index (χ3n) is 5.01. The molecular formula is C21H22FN5OS. The molecule has 0 aliphatic carbocycles. The molecule has 1 aliphatic heterocycles. The average molecular weight is 412 g/mol.